The van der Waals surface area contributed by atoms with Crippen molar-refractivity contribution in [2.24, 2.45) is 0 Å². The Hall–Kier alpha value is 0.01000. The molecule has 0 saturated carbocycles. The van der Waals surface area contributed by atoms with E-state index < -0.39 is 0 Å². The number of halogens is 1. The molecule has 1 aromatic carbocycles. The lowest BCUT2D eigenvalue weighted by Gasteiger charge is -2.10. The molecule has 0 radical (unpaired) electrons. The summed E-state index contributed by atoms with van der Waals surface area (Å²) in [6.07, 6.45) is 2.56. The van der Waals surface area contributed by atoms with Crippen molar-refractivity contribution in [2.75, 3.05) is 12.3 Å². The number of unbranched alkanes of at least 4 members (excludes halogenated alkanes) is 1. The minimum atomic E-state index is 0.963. The Bertz CT molecular complexity index is 315. The third kappa shape index (κ3) is 4.89. The van der Waals surface area contributed by atoms with Gasteiger partial charge in [-0.3, -0.25) is 0 Å². The van der Waals surface area contributed by atoms with Crippen molar-refractivity contribution in [2.45, 2.75) is 38.1 Å². The second-order valence-electron chi connectivity index (χ2n) is 3.73. The van der Waals surface area contributed by atoms with Gasteiger partial charge in [0.15, 0.2) is 0 Å². The quantitative estimate of drug-likeness (QED) is 0.590. The predicted octanol–water partition coefficient (Wildman–Crippen LogP) is 4.45. The molecule has 0 unspecified atom stereocenters. The van der Waals surface area contributed by atoms with Crippen LogP contribution in [-0.4, -0.2) is 12.3 Å². The van der Waals surface area contributed by atoms with Gasteiger partial charge in [-0.25, -0.2) is 0 Å². The fourth-order valence-electron chi connectivity index (χ4n) is 1.41. The number of hydrogen-bond acceptors (Lipinski definition) is 2. The average molecular weight is 302 g/mol. The fourth-order valence-corrected chi connectivity index (χ4v) is 2.96. The van der Waals surface area contributed by atoms with Crippen LogP contribution in [0, 0.1) is 0 Å². The first-order valence-electron chi connectivity index (χ1n) is 5.89. The Morgan fingerprint density at radius 1 is 1.31 bits per heavy atom. The van der Waals surface area contributed by atoms with Crippen LogP contribution in [0.2, 0.25) is 0 Å². The number of hydrogen-bond donors (Lipinski definition) is 1. The Labute approximate surface area is 112 Å². The Morgan fingerprint density at radius 3 is 2.81 bits per heavy atom. The van der Waals surface area contributed by atoms with Crippen LogP contribution in [0.4, 0.5) is 0 Å². The minimum Gasteiger partial charge on any atom is -0.313 e. The van der Waals surface area contributed by atoms with E-state index in [-0.39, 0.29) is 0 Å². The molecule has 0 heterocycles. The van der Waals surface area contributed by atoms with Gasteiger partial charge in [-0.05, 0) is 42.5 Å². The predicted molar refractivity (Wildman–Crippen MR) is 77.2 cm³/mol. The number of thioether (sulfide) groups is 1. The van der Waals surface area contributed by atoms with Gasteiger partial charge < -0.3 is 5.32 Å². The number of nitrogens with one attached hydrogen (secondary N) is 1. The van der Waals surface area contributed by atoms with Crippen LogP contribution < -0.4 is 5.32 Å². The Balaban J connectivity index is 2.64. The van der Waals surface area contributed by atoms with Crippen molar-refractivity contribution >= 4 is 27.7 Å². The summed E-state index contributed by atoms with van der Waals surface area (Å²) in [5, 5.41) is 3.39. The van der Waals surface area contributed by atoms with Gasteiger partial charge in [-0.1, -0.05) is 36.2 Å². The second-order valence-corrected chi connectivity index (χ2v) is 5.79. The van der Waals surface area contributed by atoms with Gasteiger partial charge in [0.05, 0.1) is 0 Å². The van der Waals surface area contributed by atoms with E-state index in [9.17, 15) is 0 Å². The second kappa shape index (κ2) is 8.15. The SMILES string of the molecule is CCCCSc1ccc(Br)cc1CNCC. The van der Waals surface area contributed by atoms with E-state index in [1.807, 2.05) is 11.8 Å². The van der Waals surface area contributed by atoms with Crippen LogP contribution in [0.5, 0.6) is 0 Å². The van der Waals surface area contributed by atoms with Gasteiger partial charge in [0.1, 0.15) is 0 Å². The summed E-state index contributed by atoms with van der Waals surface area (Å²) >= 11 is 5.50. The van der Waals surface area contributed by atoms with E-state index in [1.54, 1.807) is 0 Å². The van der Waals surface area contributed by atoms with E-state index >= 15 is 0 Å². The summed E-state index contributed by atoms with van der Waals surface area (Å²) in [6.45, 7) is 6.36. The summed E-state index contributed by atoms with van der Waals surface area (Å²) in [4.78, 5) is 1.41. The van der Waals surface area contributed by atoms with Crippen molar-refractivity contribution in [3.8, 4) is 0 Å². The Morgan fingerprint density at radius 2 is 2.12 bits per heavy atom. The zero-order valence-electron chi connectivity index (χ0n) is 10.1. The molecule has 0 aromatic heterocycles. The van der Waals surface area contributed by atoms with Crippen LogP contribution in [0.3, 0.4) is 0 Å². The molecule has 0 saturated heterocycles. The third-order valence-corrected chi connectivity index (χ3v) is 4.04. The molecule has 3 heteroatoms. The highest BCUT2D eigenvalue weighted by atomic mass is 79.9. The first kappa shape index (κ1) is 14.1. The van der Waals surface area contributed by atoms with Crippen LogP contribution in [0.1, 0.15) is 32.3 Å². The van der Waals surface area contributed by atoms with Crippen molar-refractivity contribution in [3.63, 3.8) is 0 Å². The van der Waals surface area contributed by atoms with Gasteiger partial charge in [-0.15, -0.1) is 11.8 Å². The van der Waals surface area contributed by atoms with Crippen LogP contribution >= 0.6 is 27.7 Å². The van der Waals surface area contributed by atoms with Crippen LogP contribution in [-0.2, 0) is 6.54 Å². The molecule has 0 aliphatic carbocycles. The molecule has 0 atom stereocenters. The van der Waals surface area contributed by atoms with Gasteiger partial charge in [0, 0.05) is 15.9 Å². The molecule has 0 amide bonds. The Kier molecular flexibility index (Phi) is 7.17. The lowest BCUT2D eigenvalue weighted by molar-refractivity contribution is 0.717. The van der Waals surface area contributed by atoms with Gasteiger partial charge >= 0.3 is 0 Å². The summed E-state index contributed by atoms with van der Waals surface area (Å²) < 4.78 is 1.17. The monoisotopic (exact) mass is 301 g/mol. The number of benzene rings is 1. The topological polar surface area (TPSA) is 12.0 Å². The van der Waals surface area contributed by atoms with Gasteiger partial charge in [0.25, 0.3) is 0 Å². The summed E-state index contributed by atoms with van der Waals surface area (Å²) in [5.74, 6) is 1.22. The van der Waals surface area contributed by atoms with Crippen molar-refractivity contribution < 1.29 is 0 Å². The van der Waals surface area contributed by atoms with E-state index in [2.05, 4.69) is 53.3 Å². The molecule has 1 rings (SSSR count). The normalized spacial score (nSPS) is 10.7. The third-order valence-electron chi connectivity index (χ3n) is 2.34. The van der Waals surface area contributed by atoms with E-state index in [0.29, 0.717) is 0 Å². The van der Waals surface area contributed by atoms with Crippen LogP contribution in [0.15, 0.2) is 27.6 Å². The maximum absolute atomic E-state index is 3.53. The molecule has 0 aliphatic rings. The zero-order chi connectivity index (χ0) is 11.8. The standard InChI is InChI=1S/C13H20BrNS/c1-3-5-8-16-13-7-6-12(14)9-11(13)10-15-4-2/h6-7,9,15H,3-5,8,10H2,1-2H3. The molecule has 90 valence electrons. The average Bonchev–Trinajstić information content (AvgIpc) is 2.29. The minimum absolute atomic E-state index is 0.963. The molecule has 16 heavy (non-hydrogen) atoms. The molecule has 1 nitrogen and oxygen atoms in total. The summed E-state index contributed by atoms with van der Waals surface area (Å²) in [7, 11) is 0. The highest BCUT2D eigenvalue weighted by molar-refractivity contribution is 9.10. The lowest BCUT2D eigenvalue weighted by Crippen LogP contribution is -2.12. The molecule has 0 fully saturated rings. The molecule has 0 spiro atoms. The maximum Gasteiger partial charge on any atom is 0.0216 e. The highest BCUT2D eigenvalue weighted by Crippen LogP contribution is 2.26. The highest BCUT2D eigenvalue weighted by Gasteiger charge is 2.03. The maximum atomic E-state index is 3.53. The summed E-state index contributed by atoms with van der Waals surface area (Å²) in [5.41, 5.74) is 1.40. The van der Waals surface area contributed by atoms with Gasteiger partial charge in [0.2, 0.25) is 0 Å². The molecular formula is C13H20BrNS. The molecular weight excluding hydrogens is 282 g/mol. The zero-order valence-corrected chi connectivity index (χ0v) is 12.5. The smallest absolute Gasteiger partial charge is 0.0216 e. The molecule has 0 aliphatic heterocycles. The first-order valence-corrected chi connectivity index (χ1v) is 7.67. The first-order chi connectivity index (χ1) is 7.77. The van der Waals surface area contributed by atoms with Crippen molar-refractivity contribution in [1.29, 1.82) is 0 Å². The summed E-state index contributed by atoms with van der Waals surface area (Å²) in [6, 6.07) is 6.57. The van der Waals surface area contributed by atoms with E-state index in [1.165, 1.54) is 33.5 Å². The van der Waals surface area contributed by atoms with E-state index in [4.69, 9.17) is 0 Å². The van der Waals surface area contributed by atoms with Crippen molar-refractivity contribution in [3.05, 3.63) is 28.2 Å². The largest absolute Gasteiger partial charge is 0.313 e. The van der Waals surface area contributed by atoms with Crippen LogP contribution in [0.25, 0.3) is 0 Å². The van der Waals surface area contributed by atoms with Gasteiger partial charge in [-0.2, -0.15) is 0 Å². The number of rotatable bonds is 7. The van der Waals surface area contributed by atoms with E-state index in [0.717, 1.165) is 13.1 Å². The van der Waals surface area contributed by atoms with Crippen molar-refractivity contribution in [1.82, 2.24) is 5.32 Å². The lowest BCUT2D eigenvalue weighted by atomic mass is 10.2. The molecule has 1 aromatic rings. The molecule has 1 N–H and O–H groups in total. The molecule has 0 bridgehead atoms. The fraction of sp³-hybridized carbons (Fsp3) is 0.538.